The Morgan fingerprint density at radius 3 is 2.57 bits per heavy atom. The van der Waals surface area contributed by atoms with Crippen LogP contribution in [-0.4, -0.2) is 52.1 Å². The van der Waals surface area contributed by atoms with E-state index in [-0.39, 0.29) is 22.4 Å². The van der Waals surface area contributed by atoms with Crippen molar-refractivity contribution in [2.24, 2.45) is 0 Å². The first kappa shape index (κ1) is 18.1. The van der Waals surface area contributed by atoms with Gasteiger partial charge in [-0.1, -0.05) is 0 Å². The van der Waals surface area contributed by atoms with Crippen LogP contribution in [0, 0.1) is 6.92 Å². The number of methoxy groups -OCH3 is 1. The minimum Gasteiger partial charge on any atom is -0.465 e. The molecule has 0 saturated heterocycles. The summed E-state index contributed by atoms with van der Waals surface area (Å²) in [7, 11) is -1.05. The van der Waals surface area contributed by atoms with Gasteiger partial charge in [0.2, 0.25) is 10.0 Å². The summed E-state index contributed by atoms with van der Waals surface area (Å²) in [5.74, 6) is -0.640. The predicted molar refractivity (Wildman–Crippen MR) is 81.3 cm³/mol. The van der Waals surface area contributed by atoms with Gasteiger partial charge in [-0.25, -0.2) is 13.2 Å². The van der Waals surface area contributed by atoms with Crippen LogP contribution < -0.4 is 0 Å². The summed E-state index contributed by atoms with van der Waals surface area (Å²) in [6, 6.07) is 0. The smallest absolute Gasteiger partial charge is 0.349 e. The van der Waals surface area contributed by atoms with Crippen molar-refractivity contribution in [2.45, 2.75) is 31.8 Å². The third-order valence-corrected chi connectivity index (χ3v) is 6.07. The first-order chi connectivity index (χ1) is 9.71. The van der Waals surface area contributed by atoms with Gasteiger partial charge in [0.05, 0.1) is 19.8 Å². The van der Waals surface area contributed by atoms with Gasteiger partial charge in [-0.05, 0) is 31.7 Å². The summed E-state index contributed by atoms with van der Waals surface area (Å²) in [6.45, 7) is 5.94. The molecule has 0 atom stereocenters. The van der Waals surface area contributed by atoms with Gasteiger partial charge in [-0.2, -0.15) is 4.31 Å². The monoisotopic (exact) mass is 335 g/mol. The Hall–Kier alpha value is -0.960. The van der Waals surface area contributed by atoms with Gasteiger partial charge in [0.15, 0.2) is 0 Å². The molecular formula is C13H21NO5S2. The molecule has 6 nitrogen and oxygen atoms in total. The Morgan fingerprint density at radius 2 is 2.05 bits per heavy atom. The van der Waals surface area contributed by atoms with Crippen LogP contribution in [-0.2, 0) is 19.5 Å². The van der Waals surface area contributed by atoms with Gasteiger partial charge in [0.25, 0.3) is 0 Å². The molecule has 0 radical (unpaired) electrons. The highest BCUT2D eigenvalue weighted by Gasteiger charge is 2.30. The minimum atomic E-state index is -3.75. The molecule has 1 rings (SSSR count). The zero-order chi connectivity index (χ0) is 16.2. The first-order valence-electron chi connectivity index (χ1n) is 6.46. The summed E-state index contributed by atoms with van der Waals surface area (Å²) in [5, 5.41) is 1.64. The van der Waals surface area contributed by atoms with E-state index in [9.17, 15) is 13.2 Å². The van der Waals surface area contributed by atoms with Crippen molar-refractivity contribution in [3.63, 3.8) is 0 Å². The lowest BCUT2D eigenvalue weighted by Crippen LogP contribution is -2.32. The van der Waals surface area contributed by atoms with Crippen LogP contribution in [0.4, 0.5) is 0 Å². The molecule has 0 aliphatic heterocycles. The van der Waals surface area contributed by atoms with Gasteiger partial charge in [-0.3, -0.25) is 0 Å². The third kappa shape index (κ3) is 4.26. The summed E-state index contributed by atoms with van der Waals surface area (Å²) >= 11 is 1.07. The van der Waals surface area contributed by atoms with Crippen molar-refractivity contribution in [2.75, 3.05) is 27.3 Å². The fourth-order valence-corrected chi connectivity index (χ4v) is 4.49. The molecule has 0 spiro atoms. The topological polar surface area (TPSA) is 72.9 Å². The molecule has 0 amide bonds. The second-order valence-corrected chi connectivity index (χ2v) is 7.68. The van der Waals surface area contributed by atoms with E-state index in [0.717, 1.165) is 11.3 Å². The lowest BCUT2D eigenvalue weighted by atomic mass is 10.3. The van der Waals surface area contributed by atoms with Crippen molar-refractivity contribution in [3.8, 4) is 0 Å². The molecule has 1 aromatic rings. The molecule has 0 aliphatic rings. The number of hydrogen-bond acceptors (Lipinski definition) is 6. The van der Waals surface area contributed by atoms with E-state index in [0.29, 0.717) is 12.2 Å². The molecule has 1 heterocycles. The number of likely N-dealkylation sites (N-methyl/N-ethyl adjacent to an activating group) is 1. The molecule has 21 heavy (non-hydrogen) atoms. The zero-order valence-corrected chi connectivity index (χ0v) is 14.5. The highest BCUT2D eigenvalue weighted by atomic mass is 32.2. The Bertz CT molecular complexity index is 592. The number of sulfonamides is 1. The van der Waals surface area contributed by atoms with Gasteiger partial charge in [0.1, 0.15) is 9.77 Å². The Kier molecular flexibility index (Phi) is 6.33. The van der Waals surface area contributed by atoms with E-state index in [1.807, 2.05) is 13.8 Å². The predicted octanol–water partition coefficient (Wildman–Crippen LogP) is 1.89. The Morgan fingerprint density at radius 1 is 1.43 bits per heavy atom. The number of nitrogens with zero attached hydrogens (tertiary/aromatic N) is 1. The standard InChI is InChI=1S/C13H21NO5S2/c1-9(2)19-7-6-14(4)21(16,17)12-10(3)8-20-11(12)13(15)18-5/h8-9H,6-7H2,1-5H3. The van der Waals surface area contributed by atoms with Gasteiger partial charge < -0.3 is 9.47 Å². The molecule has 0 aromatic carbocycles. The fraction of sp³-hybridized carbons (Fsp3) is 0.615. The Labute approximate surface area is 129 Å². The number of hydrogen-bond donors (Lipinski definition) is 0. The van der Waals surface area contributed by atoms with Crippen LogP contribution in [0.5, 0.6) is 0 Å². The molecule has 0 fully saturated rings. The SMILES string of the molecule is COC(=O)c1scc(C)c1S(=O)(=O)N(C)CCOC(C)C. The molecule has 0 bridgehead atoms. The van der Waals surface area contributed by atoms with Crippen molar-refractivity contribution < 1.29 is 22.7 Å². The summed E-state index contributed by atoms with van der Waals surface area (Å²) in [5.41, 5.74) is 0.539. The van der Waals surface area contributed by atoms with Gasteiger partial charge in [0, 0.05) is 13.6 Å². The van der Waals surface area contributed by atoms with Crippen molar-refractivity contribution in [3.05, 3.63) is 15.8 Å². The molecular weight excluding hydrogens is 314 g/mol. The minimum absolute atomic E-state index is 0.0198. The number of esters is 1. The van der Waals surface area contributed by atoms with E-state index in [1.165, 1.54) is 18.5 Å². The molecule has 0 aliphatic carbocycles. The summed E-state index contributed by atoms with van der Waals surface area (Å²) in [6.07, 6.45) is 0.0367. The van der Waals surface area contributed by atoms with Crippen LogP contribution in [0.3, 0.4) is 0 Å². The maximum atomic E-state index is 12.6. The van der Waals surface area contributed by atoms with Gasteiger partial charge in [-0.15, -0.1) is 11.3 Å². The molecule has 8 heteroatoms. The van der Waals surface area contributed by atoms with Crippen molar-refractivity contribution in [1.29, 1.82) is 0 Å². The van der Waals surface area contributed by atoms with Crippen LogP contribution in [0.15, 0.2) is 10.3 Å². The zero-order valence-electron chi connectivity index (χ0n) is 12.9. The second kappa shape index (κ2) is 7.35. The summed E-state index contributed by atoms with van der Waals surface area (Å²) < 4.78 is 36.4. The first-order valence-corrected chi connectivity index (χ1v) is 8.78. The van der Waals surface area contributed by atoms with Crippen LogP contribution in [0.2, 0.25) is 0 Å². The molecule has 1 aromatic heterocycles. The van der Waals surface area contributed by atoms with Crippen LogP contribution in [0.1, 0.15) is 29.1 Å². The number of carbonyl (C=O) groups is 1. The maximum absolute atomic E-state index is 12.6. The molecule has 0 saturated carbocycles. The van der Waals surface area contributed by atoms with Crippen LogP contribution >= 0.6 is 11.3 Å². The second-order valence-electron chi connectivity index (χ2n) is 4.81. The number of carbonyl (C=O) groups excluding carboxylic acids is 1. The molecule has 120 valence electrons. The fourth-order valence-electron chi connectivity index (χ4n) is 1.68. The molecule has 0 N–H and O–H groups in total. The lowest BCUT2D eigenvalue weighted by Gasteiger charge is -2.18. The van der Waals surface area contributed by atoms with E-state index in [2.05, 4.69) is 4.74 Å². The number of rotatable bonds is 7. The lowest BCUT2D eigenvalue weighted by molar-refractivity contribution is 0.0602. The Balaban J connectivity index is 3.02. The quantitative estimate of drug-likeness (QED) is 0.712. The van der Waals surface area contributed by atoms with E-state index in [1.54, 1.807) is 12.3 Å². The van der Waals surface area contributed by atoms with E-state index < -0.39 is 16.0 Å². The number of thiophene rings is 1. The van der Waals surface area contributed by atoms with Gasteiger partial charge >= 0.3 is 5.97 Å². The highest BCUT2D eigenvalue weighted by Crippen LogP contribution is 2.29. The third-order valence-electron chi connectivity index (χ3n) is 2.81. The normalized spacial score (nSPS) is 12.1. The van der Waals surface area contributed by atoms with Crippen LogP contribution in [0.25, 0.3) is 0 Å². The van der Waals surface area contributed by atoms with Crippen molar-refractivity contribution >= 4 is 27.3 Å². The average Bonchev–Trinajstić information content (AvgIpc) is 2.79. The highest BCUT2D eigenvalue weighted by molar-refractivity contribution is 7.89. The van der Waals surface area contributed by atoms with Crippen molar-refractivity contribution in [1.82, 2.24) is 4.31 Å². The number of ether oxygens (including phenoxy) is 2. The van der Waals surface area contributed by atoms with E-state index in [4.69, 9.17) is 4.74 Å². The largest absolute Gasteiger partial charge is 0.465 e. The average molecular weight is 335 g/mol. The number of aryl methyl sites for hydroxylation is 1. The van der Waals surface area contributed by atoms with E-state index >= 15 is 0 Å². The summed E-state index contributed by atoms with van der Waals surface area (Å²) in [4.78, 5) is 11.8. The maximum Gasteiger partial charge on any atom is 0.349 e. The molecule has 0 unspecified atom stereocenters.